The van der Waals surface area contributed by atoms with Crippen LogP contribution in [0.15, 0.2) is 73.4 Å². The van der Waals surface area contributed by atoms with E-state index in [2.05, 4.69) is 30.6 Å². The summed E-state index contributed by atoms with van der Waals surface area (Å²) in [5.74, 6) is 0.866. The van der Waals surface area contributed by atoms with Gasteiger partial charge in [0.1, 0.15) is 12.4 Å². The van der Waals surface area contributed by atoms with E-state index in [0.717, 1.165) is 24.4 Å². The van der Waals surface area contributed by atoms with E-state index in [4.69, 9.17) is 4.74 Å². The molecule has 0 amide bonds. The molecule has 0 atom stereocenters. The van der Waals surface area contributed by atoms with Gasteiger partial charge in [-0.3, -0.25) is 0 Å². The van der Waals surface area contributed by atoms with Gasteiger partial charge in [0, 0.05) is 13.1 Å². The molecule has 0 unspecified atom stereocenters. The van der Waals surface area contributed by atoms with Gasteiger partial charge in [-0.05, 0) is 30.2 Å². The Bertz CT molecular complexity index is 469. The van der Waals surface area contributed by atoms with Gasteiger partial charge in [-0.1, -0.05) is 49.1 Å². The third kappa shape index (κ3) is 6.21. The first kappa shape index (κ1) is 16.0. The zero-order valence-electron chi connectivity index (χ0n) is 12.1. The van der Waals surface area contributed by atoms with Crippen LogP contribution in [0.2, 0.25) is 0 Å². The summed E-state index contributed by atoms with van der Waals surface area (Å²) in [6.07, 6.45) is 9.63. The average molecular weight is 269 g/mol. The summed E-state index contributed by atoms with van der Waals surface area (Å²) in [5, 5.41) is 3.26. The summed E-state index contributed by atoms with van der Waals surface area (Å²) >= 11 is 0. The summed E-state index contributed by atoms with van der Waals surface area (Å²) < 4.78 is 5.73. The molecule has 20 heavy (non-hydrogen) atoms. The highest BCUT2D eigenvalue weighted by Gasteiger charge is 1.97. The first-order chi connectivity index (χ1) is 9.80. The van der Waals surface area contributed by atoms with Crippen molar-refractivity contribution in [2.45, 2.75) is 13.5 Å². The molecule has 1 rings (SSSR count). The van der Waals surface area contributed by atoms with Crippen LogP contribution in [0.25, 0.3) is 0 Å². The highest BCUT2D eigenvalue weighted by atomic mass is 16.5. The second-order valence-corrected chi connectivity index (χ2v) is 4.32. The second-order valence-electron chi connectivity index (χ2n) is 4.32. The molecule has 0 aromatic heterocycles. The standard InChI is InChI=1S/C18H23NO/c1-4-7-8-16(6-3)15-20-18-11-9-17(10-12-18)14-19-13-5-2/h4-12,19H,2-3,13-15H2,1H3/b7-4-,16-8+. The lowest BCUT2D eigenvalue weighted by Crippen LogP contribution is -2.12. The van der Waals surface area contributed by atoms with E-state index < -0.39 is 0 Å². The molecule has 0 saturated carbocycles. The van der Waals surface area contributed by atoms with Gasteiger partial charge in [0.2, 0.25) is 0 Å². The quantitative estimate of drug-likeness (QED) is 0.415. The molecule has 2 heteroatoms. The third-order valence-corrected chi connectivity index (χ3v) is 2.71. The zero-order valence-corrected chi connectivity index (χ0v) is 12.1. The van der Waals surface area contributed by atoms with Gasteiger partial charge in [0.25, 0.3) is 0 Å². The molecule has 0 aliphatic carbocycles. The Kier molecular flexibility index (Phi) is 7.85. The maximum absolute atomic E-state index is 5.73. The van der Waals surface area contributed by atoms with Crippen molar-refractivity contribution in [2.75, 3.05) is 13.2 Å². The minimum absolute atomic E-state index is 0.530. The highest BCUT2D eigenvalue weighted by molar-refractivity contribution is 5.29. The topological polar surface area (TPSA) is 21.3 Å². The number of benzene rings is 1. The second kappa shape index (κ2) is 9.82. The maximum atomic E-state index is 5.73. The molecule has 0 bridgehead atoms. The maximum Gasteiger partial charge on any atom is 0.119 e. The Balaban J connectivity index is 2.48. The van der Waals surface area contributed by atoms with Gasteiger partial charge >= 0.3 is 0 Å². The molecule has 0 aliphatic rings. The molecule has 0 saturated heterocycles. The fourth-order valence-electron chi connectivity index (χ4n) is 1.58. The highest BCUT2D eigenvalue weighted by Crippen LogP contribution is 2.13. The molecule has 1 N–H and O–H groups in total. The minimum Gasteiger partial charge on any atom is -0.489 e. The smallest absolute Gasteiger partial charge is 0.119 e. The van der Waals surface area contributed by atoms with E-state index in [1.165, 1.54) is 5.56 Å². The SMILES string of the molecule is C=CCNCc1ccc(OC/C(C=C)=C/C=C\C)cc1. The lowest BCUT2D eigenvalue weighted by Gasteiger charge is -2.08. The Morgan fingerprint density at radius 3 is 2.60 bits per heavy atom. The van der Waals surface area contributed by atoms with E-state index in [1.807, 2.05) is 49.4 Å². The minimum atomic E-state index is 0.530. The van der Waals surface area contributed by atoms with Crippen LogP contribution in [0.3, 0.4) is 0 Å². The number of nitrogens with one attached hydrogen (secondary N) is 1. The van der Waals surface area contributed by atoms with Crippen molar-refractivity contribution < 1.29 is 4.74 Å². The molecular weight excluding hydrogens is 246 g/mol. The van der Waals surface area contributed by atoms with Crippen molar-refractivity contribution in [3.63, 3.8) is 0 Å². The van der Waals surface area contributed by atoms with Gasteiger partial charge in [0.05, 0.1) is 0 Å². The lowest BCUT2D eigenvalue weighted by atomic mass is 10.2. The summed E-state index contributed by atoms with van der Waals surface area (Å²) in [6, 6.07) is 8.10. The average Bonchev–Trinajstić information content (AvgIpc) is 2.49. The van der Waals surface area contributed by atoms with Gasteiger partial charge < -0.3 is 10.1 Å². The van der Waals surface area contributed by atoms with Crippen LogP contribution < -0.4 is 10.1 Å². The van der Waals surface area contributed by atoms with Crippen LogP contribution in [0.1, 0.15) is 12.5 Å². The summed E-state index contributed by atoms with van der Waals surface area (Å²) in [6.45, 7) is 11.6. The normalized spacial score (nSPS) is 11.6. The van der Waals surface area contributed by atoms with Gasteiger partial charge in [-0.2, -0.15) is 0 Å². The van der Waals surface area contributed by atoms with E-state index >= 15 is 0 Å². The van der Waals surface area contributed by atoms with Gasteiger partial charge in [-0.25, -0.2) is 0 Å². The first-order valence-corrected chi connectivity index (χ1v) is 6.77. The number of ether oxygens (including phenoxy) is 1. The fourth-order valence-corrected chi connectivity index (χ4v) is 1.58. The van der Waals surface area contributed by atoms with Crippen molar-refractivity contribution in [1.29, 1.82) is 0 Å². The number of hydrogen-bond acceptors (Lipinski definition) is 2. The molecule has 106 valence electrons. The van der Waals surface area contributed by atoms with Crippen LogP contribution in [0.5, 0.6) is 5.75 Å². The number of rotatable bonds is 9. The first-order valence-electron chi connectivity index (χ1n) is 6.77. The molecule has 0 radical (unpaired) electrons. The lowest BCUT2D eigenvalue weighted by molar-refractivity contribution is 0.355. The van der Waals surface area contributed by atoms with E-state index in [1.54, 1.807) is 0 Å². The number of allylic oxidation sites excluding steroid dienone is 3. The molecule has 2 nitrogen and oxygen atoms in total. The third-order valence-electron chi connectivity index (χ3n) is 2.71. The Morgan fingerprint density at radius 1 is 1.25 bits per heavy atom. The van der Waals surface area contributed by atoms with Crippen LogP contribution >= 0.6 is 0 Å². The van der Waals surface area contributed by atoms with Crippen LogP contribution in [0, 0.1) is 0 Å². The largest absolute Gasteiger partial charge is 0.489 e. The fraction of sp³-hybridized carbons (Fsp3) is 0.222. The van der Waals surface area contributed by atoms with Crippen LogP contribution in [-0.2, 0) is 6.54 Å². The number of hydrogen-bond donors (Lipinski definition) is 1. The summed E-state index contributed by atoms with van der Waals surface area (Å²) in [4.78, 5) is 0. The van der Waals surface area contributed by atoms with Crippen molar-refractivity contribution in [3.05, 3.63) is 78.9 Å². The summed E-state index contributed by atoms with van der Waals surface area (Å²) in [7, 11) is 0. The monoisotopic (exact) mass is 269 g/mol. The predicted octanol–water partition coefficient (Wildman–Crippen LogP) is 4.03. The molecule has 1 aromatic rings. The van der Waals surface area contributed by atoms with E-state index in [0.29, 0.717) is 6.61 Å². The Morgan fingerprint density at radius 2 is 2.00 bits per heavy atom. The molecule has 0 fully saturated rings. The Hall–Kier alpha value is -2.06. The van der Waals surface area contributed by atoms with Gasteiger partial charge in [-0.15, -0.1) is 6.58 Å². The van der Waals surface area contributed by atoms with Crippen LogP contribution in [-0.4, -0.2) is 13.2 Å². The molecule has 1 aromatic carbocycles. The van der Waals surface area contributed by atoms with Crippen molar-refractivity contribution in [2.24, 2.45) is 0 Å². The van der Waals surface area contributed by atoms with E-state index in [9.17, 15) is 0 Å². The van der Waals surface area contributed by atoms with Gasteiger partial charge in [0.15, 0.2) is 0 Å². The van der Waals surface area contributed by atoms with E-state index in [-0.39, 0.29) is 0 Å². The molecule has 0 heterocycles. The Labute approximate surface area is 122 Å². The summed E-state index contributed by atoms with van der Waals surface area (Å²) in [5.41, 5.74) is 2.28. The van der Waals surface area contributed by atoms with Crippen molar-refractivity contribution in [1.82, 2.24) is 5.32 Å². The van der Waals surface area contributed by atoms with Crippen molar-refractivity contribution >= 4 is 0 Å². The molecule has 0 spiro atoms. The molecular formula is C18H23NO. The zero-order chi connectivity index (χ0) is 14.6. The van der Waals surface area contributed by atoms with Crippen LogP contribution in [0.4, 0.5) is 0 Å². The van der Waals surface area contributed by atoms with Crippen molar-refractivity contribution in [3.8, 4) is 5.75 Å². The predicted molar refractivity (Wildman–Crippen MR) is 86.9 cm³/mol. The molecule has 0 aliphatic heterocycles.